The minimum Gasteiger partial charge on any atom is -0.507 e. The predicted molar refractivity (Wildman–Crippen MR) is 120 cm³/mol. The average Bonchev–Trinajstić information content (AvgIpc) is 2.74. The summed E-state index contributed by atoms with van der Waals surface area (Å²) in [6.07, 6.45) is 0. The number of thiocarbonyl (C=S) groups is 1. The van der Waals surface area contributed by atoms with Gasteiger partial charge in [-0.15, -0.1) is 0 Å². The molecule has 154 valence electrons. The van der Waals surface area contributed by atoms with E-state index in [1.165, 1.54) is 35.6 Å². The third kappa shape index (κ3) is 4.76. The third-order valence-electron chi connectivity index (χ3n) is 4.27. The van der Waals surface area contributed by atoms with Gasteiger partial charge in [-0.05, 0) is 60.7 Å². The van der Waals surface area contributed by atoms with Gasteiger partial charge in [0.1, 0.15) is 5.75 Å². The lowest BCUT2D eigenvalue weighted by molar-refractivity contribution is 0.0975. The molecule has 0 fully saturated rings. The van der Waals surface area contributed by atoms with Crippen LogP contribution in [0.3, 0.4) is 0 Å². The normalized spacial score (nSPS) is 10.8. The van der Waals surface area contributed by atoms with Gasteiger partial charge >= 0.3 is 0 Å². The van der Waals surface area contributed by atoms with Gasteiger partial charge in [-0.2, -0.15) is 0 Å². The van der Waals surface area contributed by atoms with Gasteiger partial charge in [0.05, 0.1) is 16.1 Å². The van der Waals surface area contributed by atoms with Crippen molar-refractivity contribution >= 4 is 44.6 Å². The lowest BCUT2D eigenvalue weighted by Gasteiger charge is -2.19. The minimum absolute atomic E-state index is 0.0141. The standard InChI is InChI=1S/C21H19N3O4S2/c1-24(16-7-3-2-4-8-16)30(27,28)17-13-11-15(12-14-17)22-21(29)23-20(26)18-9-5-6-10-19(18)25/h2-14,25H,1H3,(H2,22,23,26,29). The molecule has 0 spiro atoms. The number of hydrogen-bond acceptors (Lipinski definition) is 5. The molecule has 0 bridgehead atoms. The lowest BCUT2D eigenvalue weighted by atomic mass is 10.2. The summed E-state index contributed by atoms with van der Waals surface area (Å²) < 4.78 is 26.8. The Bertz CT molecular complexity index is 1160. The number of carbonyl (C=O) groups is 1. The summed E-state index contributed by atoms with van der Waals surface area (Å²) in [5.74, 6) is -0.718. The second kappa shape index (κ2) is 8.93. The molecule has 9 heteroatoms. The van der Waals surface area contributed by atoms with Crippen LogP contribution in [0.25, 0.3) is 0 Å². The molecule has 0 aliphatic heterocycles. The first-order valence-electron chi connectivity index (χ1n) is 8.83. The molecule has 0 atom stereocenters. The largest absolute Gasteiger partial charge is 0.507 e. The molecular weight excluding hydrogens is 422 g/mol. The van der Waals surface area contributed by atoms with Crippen LogP contribution in [-0.2, 0) is 10.0 Å². The van der Waals surface area contributed by atoms with Gasteiger partial charge in [0.25, 0.3) is 15.9 Å². The Hall–Kier alpha value is -3.43. The number of hydrogen-bond donors (Lipinski definition) is 3. The Labute approximate surface area is 180 Å². The second-order valence-electron chi connectivity index (χ2n) is 6.26. The summed E-state index contributed by atoms with van der Waals surface area (Å²) in [6, 6.07) is 20.8. The first-order chi connectivity index (χ1) is 14.3. The first kappa shape index (κ1) is 21.3. The maximum absolute atomic E-state index is 12.8. The Morgan fingerprint density at radius 3 is 2.17 bits per heavy atom. The summed E-state index contributed by atoms with van der Waals surface area (Å²) >= 11 is 5.12. The van der Waals surface area contributed by atoms with Crippen LogP contribution in [0.4, 0.5) is 11.4 Å². The van der Waals surface area contributed by atoms with Gasteiger partial charge in [0, 0.05) is 12.7 Å². The molecule has 0 radical (unpaired) electrons. The van der Waals surface area contributed by atoms with E-state index in [4.69, 9.17) is 12.2 Å². The number of sulfonamides is 1. The molecule has 3 rings (SSSR count). The molecule has 30 heavy (non-hydrogen) atoms. The van der Waals surface area contributed by atoms with Crippen molar-refractivity contribution in [3.8, 4) is 5.75 Å². The first-order valence-corrected chi connectivity index (χ1v) is 10.7. The number of nitrogens with one attached hydrogen (secondary N) is 2. The van der Waals surface area contributed by atoms with E-state index >= 15 is 0 Å². The molecule has 0 saturated heterocycles. The van der Waals surface area contributed by atoms with Crippen molar-refractivity contribution in [1.82, 2.24) is 5.32 Å². The van der Waals surface area contributed by atoms with Gasteiger partial charge in [-0.1, -0.05) is 30.3 Å². The summed E-state index contributed by atoms with van der Waals surface area (Å²) in [7, 11) is -2.24. The van der Waals surface area contributed by atoms with Crippen molar-refractivity contribution in [3.63, 3.8) is 0 Å². The monoisotopic (exact) mass is 441 g/mol. The topological polar surface area (TPSA) is 98.7 Å². The van der Waals surface area contributed by atoms with E-state index in [0.29, 0.717) is 11.4 Å². The van der Waals surface area contributed by atoms with Crippen molar-refractivity contribution in [3.05, 3.63) is 84.4 Å². The molecule has 0 aliphatic rings. The minimum atomic E-state index is -3.72. The SMILES string of the molecule is CN(c1ccccc1)S(=O)(=O)c1ccc(NC(=S)NC(=O)c2ccccc2O)cc1. The second-order valence-corrected chi connectivity index (χ2v) is 8.64. The maximum atomic E-state index is 12.8. The number of para-hydroxylation sites is 2. The molecule has 0 heterocycles. The number of benzene rings is 3. The van der Waals surface area contributed by atoms with Crippen molar-refractivity contribution in [2.45, 2.75) is 4.90 Å². The van der Waals surface area contributed by atoms with E-state index in [9.17, 15) is 18.3 Å². The van der Waals surface area contributed by atoms with Crippen molar-refractivity contribution < 1.29 is 18.3 Å². The number of phenolic OH excluding ortho intramolecular Hbond substituents is 1. The molecule has 7 nitrogen and oxygen atoms in total. The summed E-state index contributed by atoms with van der Waals surface area (Å²) in [6.45, 7) is 0. The highest BCUT2D eigenvalue weighted by molar-refractivity contribution is 7.92. The van der Waals surface area contributed by atoms with Crippen molar-refractivity contribution in [2.75, 3.05) is 16.7 Å². The van der Waals surface area contributed by atoms with E-state index < -0.39 is 15.9 Å². The Morgan fingerprint density at radius 2 is 1.53 bits per heavy atom. The predicted octanol–water partition coefficient (Wildman–Crippen LogP) is 3.34. The number of rotatable bonds is 5. The van der Waals surface area contributed by atoms with E-state index in [-0.39, 0.29) is 21.3 Å². The Balaban J connectivity index is 1.67. The van der Waals surface area contributed by atoms with Crippen LogP contribution >= 0.6 is 12.2 Å². The smallest absolute Gasteiger partial charge is 0.264 e. The number of phenols is 1. The Kier molecular flexibility index (Phi) is 6.34. The maximum Gasteiger partial charge on any atom is 0.264 e. The summed E-state index contributed by atoms with van der Waals surface area (Å²) in [5.41, 5.74) is 1.14. The highest BCUT2D eigenvalue weighted by Crippen LogP contribution is 2.23. The van der Waals surface area contributed by atoms with Crippen molar-refractivity contribution in [1.29, 1.82) is 0 Å². The fourth-order valence-corrected chi connectivity index (χ4v) is 4.05. The molecule has 0 saturated carbocycles. The van der Waals surface area contributed by atoms with Crippen LogP contribution in [0, 0.1) is 0 Å². The van der Waals surface area contributed by atoms with E-state index in [2.05, 4.69) is 10.6 Å². The number of carbonyl (C=O) groups excluding carboxylic acids is 1. The van der Waals surface area contributed by atoms with E-state index in [1.807, 2.05) is 6.07 Å². The van der Waals surface area contributed by atoms with Crippen molar-refractivity contribution in [2.24, 2.45) is 0 Å². The van der Waals surface area contributed by atoms with Crippen LogP contribution in [0.2, 0.25) is 0 Å². The molecule has 3 aromatic carbocycles. The highest BCUT2D eigenvalue weighted by Gasteiger charge is 2.21. The van der Waals surface area contributed by atoms with Gasteiger partial charge in [-0.25, -0.2) is 8.42 Å². The van der Waals surface area contributed by atoms with Gasteiger partial charge in [-0.3, -0.25) is 14.4 Å². The fourth-order valence-electron chi connectivity index (χ4n) is 2.64. The fraction of sp³-hybridized carbons (Fsp3) is 0.0476. The van der Waals surface area contributed by atoms with Crippen LogP contribution in [0.5, 0.6) is 5.75 Å². The van der Waals surface area contributed by atoms with Crippen LogP contribution in [-0.4, -0.2) is 31.6 Å². The zero-order valence-electron chi connectivity index (χ0n) is 15.9. The number of amides is 1. The molecule has 0 aromatic heterocycles. The van der Waals surface area contributed by atoms with E-state index in [0.717, 1.165) is 0 Å². The molecular formula is C21H19N3O4S2. The van der Waals surface area contributed by atoms with Gasteiger partial charge < -0.3 is 10.4 Å². The summed E-state index contributed by atoms with van der Waals surface area (Å²) in [4.78, 5) is 12.3. The number of aromatic hydroxyl groups is 1. The molecule has 0 unspecified atom stereocenters. The lowest BCUT2D eigenvalue weighted by Crippen LogP contribution is -2.34. The quantitative estimate of drug-likeness (QED) is 0.525. The highest BCUT2D eigenvalue weighted by atomic mass is 32.2. The zero-order valence-corrected chi connectivity index (χ0v) is 17.6. The number of anilines is 2. The van der Waals surface area contributed by atoms with Crippen LogP contribution in [0.15, 0.2) is 83.8 Å². The third-order valence-corrected chi connectivity index (χ3v) is 6.27. The molecule has 1 amide bonds. The Morgan fingerprint density at radius 1 is 0.933 bits per heavy atom. The molecule has 3 N–H and O–H groups in total. The summed E-state index contributed by atoms with van der Waals surface area (Å²) in [5, 5.41) is 15.0. The average molecular weight is 442 g/mol. The van der Waals surface area contributed by atoms with Gasteiger partial charge in [0.2, 0.25) is 0 Å². The molecule has 0 aliphatic carbocycles. The number of nitrogens with zero attached hydrogens (tertiary/aromatic N) is 1. The van der Waals surface area contributed by atoms with E-state index in [1.54, 1.807) is 48.5 Å². The zero-order chi connectivity index (χ0) is 21.7. The van der Waals surface area contributed by atoms with Crippen LogP contribution in [0.1, 0.15) is 10.4 Å². The van der Waals surface area contributed by atoms with Crippen LogP contribution < -0.4 is 14.9 Å². The molecule has 3 aromatic rings. The van der Waals surface area contributed by atoms with Gasteiger partial charge in [0.15, 0.2) is 5.11 Å².